The Morgan fingerprint density at radius 3 is 2.62 bits per heavy atom. The number of hydrazine groups is 1. The Morgan fingerprint density at radius 2 is 1.95 bits per heavy atom. The largest absolute Gasteiger partial charge is 0.308 e. The molecule has 1 atom stereocenters. The zero-order chi connectivity index (χ0) is 15.3. The first kappa shape index (κ1) is 15.4. The maximum Gasteiger partial charge on any atom is 0.241 e. The highest BCUT2D eigenvalue weighted by Crippen LogP contribution is 2.13. The number of hydrogen-bond acceptors (Lipinski definition) is 5. The lowest BCUT2D eigenvalue weighted by Crippen LogP contribution is -2.34. The van der Waals surface area contributed by atoms with E-state index in [0.717, 1.165) is 5.56 Å². The molecule has 7 heteroatoms. The molecule has 1 heterocycles. The maximum absolute atomic E-state index is 12.3. The molecule has 1 aromatic heterocycles. The van der Waals surface area contributed by atoms with Crippen molar-refractivity contribution < 1.29 is 8.42 Å². The van der Waals surface area contributed by atoms with E-state index in [1.165, 1.54) is 18.3 Å². The zero-order valence-electron chi connectivity index (χ0n) is 11.7. The maximum atomic E-state index is 12.3. The van der Waals surface area contributed by atoms with Crippen molar-refractivity contribution in [2.45, 2.75) is 24.3 Å². The molecular formula is C14H18N4O2S. The summed E-state index contributed by atoms with van der Waals surface area (Å²) in [4.78, 5) is 4.02. The predicted octanol–water partition coefficient (Wildman–Crippen LogP) is 1.28. The van der Waals surface area contributed by atoms with Crippen LogP contribution in [-0.4, -0.2) is 19.4 Å². The molecule has 4 N–H and O–H groups in total. The van der Waals surface area contributed by atoms with Crippen LogP contribution in [0.1, 0.15) is 12.5 Å². The molecule has 0 saturated heterocycles. The van der Waals surface area contributed by atoms with Crippen LogP contribution < -0.4 is 16.0 Å². The normalized spacial score (nSPS) is 12.9. The molecule has 2 aromatic rings. The van der Waals surface area contributed by atoms with Crippen LogP contribution in [0.2, 0.25) is 0 Å². The van der Waals surface area contributed by atoms with Crippen molar-refractivity contribution in [3.05, 3.63) is 54.2 Å². The van der Waals surface area contributed by atoms with Crippen LogP contribution >= 0.6 is 0 Å². The number of sulfonamides is 1. The minimum Gasteiger partial charge on any atom is -0.308 e. The van der Waals surface area contributed by atoms with Gasteiger partial charge in [-0.1, -0.05) is 30.3 Å². The van der Waals surface area contributed by atoms with E-state index in [1.54, 1.807) is 0 Å². The molecule has 21 heavy (non-hydrogen) atoms. The van der Waals surface area contributed by atoms with Crippen LogP contribution in [0.15, 0.2) is 53.6 Å². The summed E-state index contributed by atoms with van der Waals surface area (Å²) < 4.78 is 27.2. The Hall–Kier alpha value is -1.96. The standard InChI is InChI=1S/C14H18N4O2S/c1-11(9-12-5-3-2-4-6-12)18-21(19,20)13-7-8-16-14(10-13)17-15/h2-8,10-11,18H,9,15H2,1H3,(H,16,17). The molecule has 1 unspecified atom stereocenters. The van der Waals surface area contributed by atoms with Crippen molar-refractivity contribution in [3.8, 4) is 0 Å². The van der Waals surface area contributed by atoms with Crippen LogP contribution in [0.4, 0.5) is 5.82 Å². The van der Waals surface area contributed by atoms with Crippen molar-refractivity contribution in [2.75, 3.05) is 5.43 Å². The Bertz CT molecular complexity index is 689. The lowest BCUT2D eigenvalue weighted by atomic mass is 10.1. The van der Waals surface area contributed by atoms with Gasteiger partial charge < -0.3 is 5.43 Å². The number of hydrogen-bond donors (Lipinski definition) is 3. The molecule has 0 aliphatic carbocycles. The fourth-order valence-electron chi connectivity index (χ4n) is 2.00. The number of rotatable bonds is 6. The molecular weight excluding hydrogens is 288 g/mol. The molecule has 0 amide bonds. The van der Waals surface area contributed by atoms with Gasteiger partial charge in [0, 0.05) is 18.3 Å². The second-order valence-corrected chi connectivity index (χ2v) is 6.45. The average Bonchev–Trinajstić information content (AvgIpc) is 2.47. The highest BCUT2D eigenvalue weighted by molar-refractivity contribution is 7.89. The minimum absolute atomic E-state index is 0.130. The van der Waals surface area contributed by atoms with Crippen LogP contribution in [0, 0.1) is 0 Å². The summed E-state index contributed by atoms with van der Waals surface area (Å²) in [6.07, 6.45) is 2.01. The van der Waals surface area contributed by atoms with E-state index in [-0.39, 0.29) is 10.9 Å². The number of pyridine rings is 1. The van der Waals surface area contributed by atoms with E-state index in [9.17, 15) is 8.42 Å². The molecule has 0 radical (unpaired) electrons. The van der Waals surface area contributed by atoms with Gasteiger partial charge in [0.15, 0.2) is 0 Å². The summed E-state index contributed by atoms with van der Waals surface area (Å²) in [7, 11) is -3.60. The van der Waals surface area contributed by atoms with E-state index in [2.05, 4.69) is 15.1 Å². The molecule has 112 valence electrons. The van der Waals surface area contributed by atoms with E-state index >= 15 is 0 Å². The number of anilines is 1. The van der Waals surface area contributed by atoms with Gasteiger partial charge in [0.05, 0.1) is 4.90 Å². The molecule has 6 nitrogen and oxygen atoms in total. The summed E-state index contributed by atoms with van der Waals surface area (Å²) >= 11 is 0. The second-order valence-electron chi connectivity index (χ2n) is 4.73. The first-order valence-corrected chi connectivity index (χ1v) is 7.98. The van der Waals surface area contributed by atoms with Gasteiger partial charge in [-0.15, -0.1) is 0 Å². The zero-order valence-corrected chi connectivity index (χ0v) is 12.5. The average molecular weight is 306 g/mol. The molecule has 0 aliphatic heterocycles. The van der Waals surface area contributed by atoms with Gasteiger partial charge in [0.1, 0.15) is 5.82 Å². The van der Waals surface area contributed by atoms with E-state index in [4.69, 9.17) is 5.84 Å². The Kier molecular flexibility index (Phi) is 4.89. The fraction of sp³-hybridized carbons (Fsp3) is 0.214. The molecule has 0 bridgehead atoms. The summed E-state index contributed by atoms with van der Waals surface area (Å²) in [5.74, 6) is 5.54. The number of nitrogens with zero attached hydrogens (tertiary/aromatic N) is 1. The van der Waals surface area contributed by atoms with E-state index in [0.29, 0.717) is 12.2 Å². The van der Waals surface area contributed by atoms with Gasteiger partial charge >= 0.3 is 0 Å². The van der Waals surface area contributed by atoms with Crippen LogP contribution in [0.3, 0.4) is 0 Å². The van der Waals surface area contributed by atoms with Gasteiger partial charge in [-0.3, -0.25) is 0 Å². The lowest BCUT2D eigenvalue weighted by Gasteiger charge is -2.14. The van der Waals surface area contributed by atoms with Gasteiger partial charge in [-0.05, 0) is 25.0 Å². The SMILES string of the molecule is CC(Cc1ccccc1)NS(=O)(=O)c1ccnc(NN)c1. The fourth-order valence-corrected chi connectivity index (χ4v) is 3.26. The van der Waals surface area contributed by atoms with E-state index in [1.807, 2.05) is 37.3 Å². The molecule has 0 aliphatic rings. The summed E-state index contributed by atoms with van der Waals surface area (Å²) in [6, 6.07) is 12.3. The third kappa shape index (κ3) is 4.25. The topological polar surface area (TPSA) is 97.1 Å². The van der Waals surface area contributed by atoms with Crippen molar-refractivity contribution in [1.82, 2.24) is 9.71 Å². The van der Waals surface area contributed by atoms with Crippen LogP contribution in [0.5, 0.6) is 0 Å². The molecule has 0 saturated carbocycles. The quantitative estimate of drug-likeness (QED) is 0.552. The number of benzene rings is 1. The van der Waals surface area contributed by atoms with Gasteiger partial charge in [0.25, 0.3) is 0 Å². The minimum atomic E-state index is -3.60. The van der Waals surface area contributed by atoms with Crippen molar-refractivity contribution in [3.63, 3.8) is 0 Å². The van der Waals surface area contributed by atoms with Gasteiger partial charge in [-0.25, -0.2) is 24.0 Å². The highest BCUT2D eigenvalue weighted by Gasteiger charge is 2.18. The number of aromatic nitrogens is 1. The second kappa shape index (κ2) is 6.66. The monoisotopic (exact) mass is 306 g/mol. The van der Waals surface area contributed by atoms with Crippen LogP contribution in [-0.2, 0) is 16.4 Å². The van der Waals surface area contributed by atoms with Gasteiger partial charge in [0.2, 0.25) is 10.0 Å². The summed E-state index contributed by atoms with van der Waals surface area (Å²) in [6.45, 7) is 1.83. The summed E-state index contributed by atoms with van der Waals surface area (Å²) in [5.41, 5.74) is 3.40. The summed E-state index contributed by atoms with van der Waals surface area (Å²) in [5, 5.41) is 0. The number of nitrogens with two attached hydrogens (primary N) is 1. The molecule has 1 aromatic carbocycles. The number of nitrogen functional groups attached to an aromatic ring is 1. The first-order chi connectivity index (χ1) is 10.0. The molecule has 0 fully saturated rings. The highest BCUT2D eigenvalue weighted by atomic mass is 32.2. The first-order valence-electron chi connectivity index (χ1n) is 6.50. The van der Waals surface area contributed by atoms with Crippen molar-refractivity contribution in [1.29, 1.82) is 0 Å². The third-order valence-electron chi connectivity index (χ3n) is 2.93. The Morgan fingerprint density at radius 1 is 1.24 bits per heavy atom. The third-order valence-corrected chi connectivity index (χ3v) is 4.52. The van der Waals surface area contributed by atoms with E-state index < -0.39 is 10.0 Å². The Balaban J connectivity index is 2.09. The van der Waals surface area contributed by atoms with Gasteiger partial charge in [-0.2, -0.15) is 0 Å². The van der Waals surface area contributed by atoms with Crippen molar-refractivity contribution in [2.24, 2.45) is 5.84 Å². The van der Waals surface area contributed by atoms with Crippen LogP contribution in [0.25, 0.3) is 0 Å². The number of nitrogens with one attached hydrogen (secondary N) is 2. The Labute approximate surface area is 124 Å². The lowest BCUT2D eigenvalue weighted by molar-refractivity contribution is 0.559. The van der Waals surface area contributed by atoms with Crippen molar-refractivity contribution >= 4 is 15.8 Å². The molecule has 2 rings (SSSR count). The molecule has 0 spiro atoms. The predicted molar refractivity (Wildman–Crippen MR) is 82.0 cm³/mol. The smallest absolute Gasteiger partial charge is 0.241 e.